The second-order valence-corrected chi connectivity index (χ2v) is 14.5. The minimum absolute atomic E-state index is 0.0426. The Kier molecular flexibility index (Phi) is 10.2. The zero-order chi connectivity index (χ0) is 34.9. The first-order chi connectivity index (χ1) is 22.7. The lowest BCUT2D eigenvalue weighted by Gasteiger charge is -2.59. The van der Waals surface area contributed by atoms with Gasteiger partial charge in [-0.15, -0.1) is 0 Å². The van der Waals surface area contributed by atoms with Gasteiger partial charge in [-0.2, -0.15) is 0 Å². The fourth-order valence-electron chi connectivity index (χ4n) is 9.51. The number of nitrogens with one attached hydrogen (secondary N) is 1. The number of fused-ring (bicyclic) bond motifs is 5. The Balaban J connectivity index is 1.20. The summed E-state index contributed by atoms with van der Waals surface area (Å²) in [5.74, 6) is -1.90. The normalized spacial score (nSPS) is 31.2. The number of amides is 1. The van der Waals surface area contributed by atoms with Crippen LogP contribution in [0.3, 0.4) is 0 Å². The number of ketones is 2. The van der Waals surface area contributed by atoms with Crippen molar-refractivity contribution in [2.75, 3.05) is 13.7 Å². The predicted octanol–water partition coefficient (Wildman–Crippen LogP) is 4.32. The van der Waals surface area contributed by atoms with Gasteiger partial charge in [0.2, 0.25) is 11.7 Å². The molecule has 1 aromatic rings. The SMILES string of the molecule is COC(=O)[C@H](Cc1ccc(O)cc1)NC(=O)CCC(=O)OCC(=O)[C@@]1(OC(C)=O)CC[C@@H]2[C@@H]3CCC4=CC(=O)CC[C@]4(C)[C@@H]3CC[C@@]21C. The average Bonchev–Trinajstić information content (AvgIpc) is 3.35. The molecule has 0 bridgehead atoms. The molecule has 11 heteroatoms. The topological polar surface area (TPSA) is 162 Å². The standard InChI is InChI=1S/C37H47NO10/c1-22(39)48-37(18-15-29-27-10-7-24-20-26(41)13-16-35(24,2)28(27)14-17-36(29,37)3)31(42)21-47-33(44)12-11-32(43)38-30(34(45)46-4)19-23-5-8-25(40)9-6-23/h5-6,8-9,20,27-30,40H,7,10-19,21H2,1-4H3,(H,38,43)/t27-,28-,29-,30+,35+,36+,37+/m1/s1. The van der Waals surface area contributed by atoms with E-state index in [4.69, 9.17) is 14.2 Å². The van der Waals surface area contributed by atoms with E-state index >= 15 is 0 Å². The van der Waals surface area contributed by atoms with Crippen LogP contribution in [-0.2, 0) is 49.4 Å². The lowest BCUT2D eigenvalue weighted by atomic mass is 9.46. The van der Waals surface area contributed by atoms with Gasteiger partial charge in [-0.3, -0.25) is 24.0 Å². The number of phenolic OH excluding ortho intramolecular Hbond substituents is 1. The Labute approximate surface area is 281 Å². The number of methoxy groups -OCH3 is 1. The third kappa shape index (κ3) is 6.65. The van der Waals surface area contributed by atoms with E-state index in [1.165, 1.54) is 31.7 Å². The summed E-state index contributed by atoms with van der Waals surface area (Å²) >= 11 is 0. The summed E-state index contributed by atoms with van der Waals surface area (Å²) in [6.45, 7) is 5.04. The third-order valence-electron chi connectivity index (χ3n) is 12.0. The molecule has 48 heavy (non-hydrogen) atoms. The molecule has 1 aromatic carbocycles. The van der Waals surface area contributed by atoms with Crippen LogP contribution in [-0.4, -0.2) is 65.8 Å². The fraction of sp³-hybridized carbons (Fsp3) is 0.622. The zero-order valence-electron chi connectivity index (χ0n) is 28.3. The van der Waals surface area contributed by atoms with Crippen LogP contribution in [0.1, 0.15) is 90.5 Å². The van der Waals surface area contributed by atoms with E-state index in [9.17, 15) is 33.9 Å². The van der Waals surface area contributed by atoms with Crippen LogP contribution >= 0.6 is 0 Å². The Bertz CT molecular complexity index is 1500. The summed E-state index contributed by atoms with van der Waals surface area (Å²) in [5.41, 5.74) is -0.162. The van der Waals surface area contributed by atoms with Gasteiger partial charge in [0.05, 0.1) is 13.5 Å². The molecule has 0 unspecified atom stereocenters. The van der Waals surface area contributed by atoms with Crippen LogP contribution in [0, 0.1) is 28.6 Å². The van der Waals surface area contributed by atoms with Crippen LogP contribution in [0.25, 0.3) is 0 Å². The molecule has 3 fully saturated rings. The molecular formula is C37H47NO10. The highest BCUT2D eigenvalue weighted by molar-refractivity contribution is 5.94. The average molecular weight is 666 g/mol. The summed E-state index contributed by atoms with van der Waals surface area (Å²) < 4.78 is 16.1. The van der Waals surface area contributed by atoms with Crippen molar-refractivity contribution >= 4 is 35.4 Å². The maximum Gasteiger partial charge on any atom is 0.328 e. The predicted molar refractivity (Wildman–Crippen MR) is 172 cm³/mol. The molecule has 2 N–H and O–H groups in total. The summed E-state index contributed by atoms with van der Waals surface area (Å²) in [6.07, 6.45) is 7.14. The van der Waals surface area contributed by atoms with E-state index in [0.29, 0.717) is 43.1 Å². The number of Topliss-reactive ketones (excluding diaryl/α,β-unsaturated/α-hetero) is 1. The molecule has 0 aliphatic heterocycles. The molecule has 0 aromatic heterocycles. The van der Waals surface area contributed by atoms with E-state index in [1.54, 1.807) is 12.1 Å². The van der Waals surface area contributed by atoms with Crippen molar-refractivity contribution in [3.63, 3.8) is 0 Å². The molecule has 260 valence electrons. The van der Waals surface area contributed by atoms with Crippen molar-refractivity contribution < 1.29 is 48.1 Å². The maximum absolute atomic E-state index is 14.0. The smallest absolute Gasteiger partial charge is 0.328 e. The van der Waals surface area contributed by atoms with Crippen molar-refractivity contribution in [3.8, 4) is 5.75 Å². The fourth-order valence-corrected chi connectivity index (χ4v) is 9.51. The number of ether oxygens (including phenoxy) is 3. The van der Waals surface area contributed by atoms with Crippen molar-refractivity contribution in [1.82, 2.24) is 5.32 Å². The van der Waals surface area contributed by atoms with Gasteiger partial charge in [0.25, 0.3) is 0 Å². The van der Waals surface area contributed by atoms with Crippen molar-refractivity contribution in [1.29, 1.82) is 0 Å². The lowest BCUT2D eigenvalue weighted by molar-refractivity contribution is -0.191. The number of benzene rings is 1. The van der Waals surface area contributed by atoms with E-state index in [0.717, 1.165) is 25.7 Å². The van der Waals surface area contributed by atoms with Crippen LogP contribution in [0.15, 0.2) is 35.9 Å². The van der Waals surface area contributed by atoms with E-state index in [1.807, 2.05) is 13.0 Å². The van der Waals surface area contributed by atoms with Gasteiger partial charge in [-0.05, 0) is 91.9 Å². The zero-order valence-corrected chi connectivity index (χ0v) is 28.3. The second-order valence-electron chi connectivity index (χ2n) is 14.5. The molecule has 4 aliphatic carbocycles. The Morgan fingerprint density at radius 1 is 0.958 bits per heavy atom. The molecule has 3 saturated carbocycles. The highest BCUT2D eigenvalue weighted by Gasteiger charge is 2.68. The molecule has 0 radical (unpaired) electrons. The first-order valence-electron chi connectivity index (χ1n) is 17.0. The highest BCUT2D eigenvalue weighted by Crippen LogP contribution is 2.68. The summed E-state index contributed by atoms with van der Waals surface area (Å²) in [4.78, 5) is 76.4. The van der Waals surface area contributed by atoms with Gasteiger partial charge < -0.3 is 24.6 Å². The maximum atomic E-state index is 14.0. The van der Waals surface area contributed by atoms with Crippen LogP contribution in [0.4, 0.5) is 0 Å². The first kappa shape index (κ1) is 35.3. The number of phenols is 1. The highest BCUT2D eigenvalue weighted by atomic mass is 16.6. The minimum atomic E-state index is -1.42. The number of aromatic hydroxyl groups is 1. The Hall–Kier alpha value is -4.02. The van der Waals surface area contributed by atoms with E-state index in [-0.39, 0.29) is 42.1 Å². The summed E-state index contributed by atoms with van der Waals surface area (Å²) in [7, 11) is 1.20. The number of hydrogen-bond donors (Lipinski definition) is 2. The van der Waals surface area contributed by atoms with Gasteiger partial charge >= 0.3 is 17.9 Å². The molecule has 5 rings (SSSR count). The second kappa shape index (κ2) is 13.8. The minimum Gasteiger partial charge on any atom is -0.508 e. The number of esters is 3. The van der Waals surface area contributed by atoms with Crippen LogP contribution in [0.5, 0.6) is 5.75 Å². The Morgan fingerprint density at radius 2 is 1.67 bits per heavy atom. The number of carbonyl (C=O) groups is 6. The molecule has 11 nitrogen and oxygen atoms in total. The summed E-state index contributed by atoms with van der Waals surface area (Å²) in [6, 6.07) is 5.17. The van der Waals surface area contributed by atoms with Gasteiger partial charge in [0.15, 0.2) is 18.0 Å². The first-order valence-corrected chi connectivity index (χ1v) is 17.0. The van der Waals surface area contributed by atoms with Crippen molar-refractivity contribution in [2.45, 2.75) is 103 Å². The molecule has 0 spiro atoms. The third-order valence-corrected chi connectivity index (χ3v) is 12.0. The van der Waals surface area contributed by atoms with E-state index in [2.05, 4.69) is 12.2 Å². The number of hydrogen-bond acceptors (Lipinski definition) is 10. The monoisotopic (exact) mass is 665 g/mol. The summed E-state index contributed by atoms with van der Waals surface area (Å²) in [5, 5.41) is 12.1. The number of rotatable bonds is 11. The van der Waals surface area contributed by atoms with Crippen molar-refractivity contribution in [3.05, 3.63) is 41.5 Å². The molecule has 7 atom stereocenters. The Morgan fingerprint density at radius 3 is 2.35 bits per heavy atom. The van der Waals surface area contributed by atoms with Crippen molar-refractivity contribution in [2.24, 2.45) is 28.6 Å². The largest absolute Gasteiger partial charge is 0.508 e. The van der Waals surface area contributed by atoms with Crippen LogP contribution < -0.4 is 5.32 Å². The van der Waals surface area contributed by atoms with E-state index < -0.39 is 53.3 Å². The molecule has 0 heterocycles. The van der Waals surface area contributed by atoms with Gasteiger partial charge in [0.1, 0.15) is 11.8 Å². The molecular weight excluding hydrogens is 618 g/mol. The van der Waals surface area contributed by atoms with Crippen LogP contribution in [0.2, 0.25) is 0 Å². The molecule has 0 saturated heterocycles. The van der Waals surface area contributed by atoms with Gasteiger partial charge in [0, 0.05) is 31.6 Å². The quantitative estimate of drug-likeness (QED) is 0.257. The number of allylic oxidation sites excluding steroid dienone is 1. The number of carbonyl (C=O) groups excluding carboxylic acids is 6. The lowest BCUT2D eigenvalue weighted by Crippen LogP contribution is -2.59. The van der Waals surface area contributed by atoms with Gasteiger partial charge in [-0.25, -0.2) is 4.79 Å². The molecule has 4 aliphatic rings. The molecule has 1 amide bonds. The van der Waals surface area contributed by atoms with Gasteiger partial charge in [-0.1, -0.05) is 31.6 Å².